The van der Waals surface area contributed by atoms with Gasteiger partial charge in [-0.2, -0.15) is 0 Å². The second-order valence-corrected chi connectivity index (χ2v) is 7.02. The molecule has 0 spiro atoms. The minimum absolute atomic E-state index is 0.117. The average molecular weight is 295 g/mol. The molecule has 0 fully saturated rings. The number of aliphatic carboxylic acids is 1. The molecule has 3 N–H and O–H groups in total. The summed E-state index contributed by atoms with van der Waals surface area (Å²) >= 11 is 1.67. The summed E-state index contributed by atoms with van der Waals surface area (Å²) in [5, 5.41) is 8.99. The molecule has 0 aliphatic rings. The van der Waals surface area contributed by atoms with E-state index >= 15 is 0 Å². The first-order chi connectivity index (χ1) is 9.32. The van der Waals surface area contributed by atoms with Crippen molar-refractivity contribution in [1.29, 1.82) is 0 Å². The maximum atomic E-state index is 11.0. The maximum absolute atomic E-state index is 11.0. The van der Waals surface area contributed by atoms with Crippen LogP contribution in [0.5, 0.6) is 0 Å². The van der Waals surface area contributed by atoms with Gasteiger partial charge < -0.3 is 10.8 Å². The number of hydrogen-bond acceptors (Lipinski definition) is 3. The first kappa shape index (κ1) is 17.1. The molecule has 0 amide bonds. The van der Waals surface area contributed by atoms with Crippen LogP contribution in [0.1, 0.15) is 33.3 Å². The molecule has 0 aromatic heterocycles. The van der Waals surface area contributed by atoms with Gasteiger partial charge in [-0.05, 0) is 17.4 Å². The van der Waals surface area contributed by atoms with Crippen LogP contribution in [0.15, 0.2) is 30.3 Å². The van der Waals surface area contributed by atoms with Gasteiger partial charge in [0.25, 0.3) is 0 Å². The Balaban J connectivity index is 3.10. The van der Waals surface area contributed by atoms with E-state index in [9.17, 15) is 4.79 Å². The molecule has 3 nitrogen and oxygen atoms in total. The second-order valence-electron chi connectivity index (χ2n) is 5.72. The van der Waals surface area contributed by atoms with E-state index in [4.69, 9.17) is 10.8 Å². The maximum Gasteiger partial charge on any atom is 0.321 e. The van der Waals surface area contributed by atoms with Gasteiger partial charge in [0.15, 0.2) is 0 Å². The van der Waals surface area contributed by atoms with Crippen LogP contribution in [0.2, 0.25) is 0 Å². The van der Waals surface area contributed by atoms with Crippen LogP contribution in [0.4, 0.5) is 0 Å². The zero-order valence-corrected chi connectivity index (χ0v) is 13.5. The molecule has 1 aromatic rings. The van der Waals surface area contributed by atoms with Gasteiger partial charge in [0, 0.05) is 10.5 Å². The van der Waals surface area contributed by atoms with E-state index in [1.165, 1.54) is 5.56 Å². The molecule has 20 heavy (non-hydrogen) atoms. The van der Waals surface area contributed by atoms with Crippen LogP contribution in [-0.2, 0) is 9.54 Å². The highest BCUT2D eigenvalue weighted by Crippen LogP contribution is 2.48. The summed E-state index contributed by atoms with van der Waals surface area (Å²) < 4.78 is -0.117. The summed E-state index contributed by atoms with van der Waals surface area (Å²) in [6.45, 7) is 8.75. The van der Waals surface area contributed by atoms with Gasteiger partial charge in [0.05, 0.1) is 0 Å². The number of carbonyl (C=O) groups is 1. The van der Waals surface area contributed by atoms with E-state index in [-0.39, 0.29) is 4.75 Å². The molecule has 0 unspecified atom stereocenters. The largest absolute Gasteiger partial charge is 0.480 e. The summed E-state index contributed by atoms with van der Waals surface area (Å²) in [6.07, 6.45) is 0. The fourth-order valence-electron chi connectivity index (χ4n) is 2.75. The van der Waals surface area contributed by atoms with E-state index in [0.29, 0.717) is 17.6 Å². The van der Waals surface area contributed by atoms with Gasteiger partial charge in [-0.25, -0.2) is 0 Å². The molecule has 1 rings (SSSR count). The van der Waals surface area contributed by atoms with Crippen molar-refractivity contribution in [2.45, 2.75) is 38.5 Å². The van der Waals surface area contributed by atoms with Crippen LogP contribution >= 0.6 is 11.8 Å². The van der Waals surface area contributed by atoms with Gasteiger partial charge in [-0.3, -0.25) is 4.79 Å². The smallest absolute Gasteiger partial charge is 0.321 e. The normalized spacial score (nSPS) is 13.8. The van der Waals surface area contributed by atoms with E-state index in [1.807, 2.05) is 18.2 Å². The van der Waals surface area contributed by atoms with Crippen LogP contribution in [-0.4, -0.2) is 22.9 Å². The van der Waals surface area contributed by atoms with Crippen molar-refractivity contribution in [3.8, 4) is 0 Å². The Labute approximate surface area is 125 Å². The van der Waals surface area contributed by atoms with Gasteiger partial charge >= 0.3 is 5.97 Å². The first-order valence-electron chi connectivity index (χ1n) is 7.00. The van der Waals surface area contributed by atoms with Crippen LogP contribution in [0.25, 0.3) is 0 Å². The summed E-state index contributed by atoms with van der Waals surface area (Å²) in [6, 6.07) is 9.50. The number of thioether (sulfide) groups is 1. The third-order valence-electron chi connectivity index (χ3n) is 3.76. The molecule has 1 atom stereocenters. The lowest BCUT2D eigenvalue weighted by Crippen LogP contribution is -2.39. The molecule has 0 aliphatic heterocycles. The van der Waals surface area contributed by atoms with Crippen LogP contribution in [0.3, 0.4) is 0 Å². The van der Waals surface area contributed by atoms with Crippen LogP contribution < -0.4 is 5.73 Å². The predicted molar refractivity (Wildman–Crippen MR) is 85.9 cm³/mol. The molecular weight excluding hydrogens is 270 g/mol. The Bertz CT molecular complexity index is 423. The Morgan fingerprint density at radius 2 is 1.70 bits per heavy atom. The summed E-state index contributed by atoms with van der Waals surface area (Å²) in [4.78, 5) is 11.0. The lowest BCUT2D eigenvalue weighted by molar-refractivity contribution is -0.137. The number of nitrogens with two attached hydrogens (primary N) is 1. The molecule has 0 bridgehead atoms. The average Bonchev–Trinajstić information content (AvgIpc) is 2.39. The third-order valence-corrected chi connectivity index (χ3v) is 5.94. The highest BCUT2D eigenvalue weighted by atomic mass is 32.2. The predicted octanol–water partition coefficient (Wildman–Crippen LogP) is 3.34. The zero-order valence-electron chi connectivity index (χ0n) is 12.7. The summed E-state index contributed by atoms with van der Waals surface area (Å²) in [5.41, 5.74) is 6.92. The number of benzene rings is 1. The second kappa shape index (κ2) is 7.14. The molecule has 1 aromatic carbocycles. The van der Waals surface area contributed by atoms with E-state index < -0.39 is 12.0 Å². The topological polar surface area (TPSA) is 63.3 Å². The fraction of sp³-hybridized carbons (Fsp3) is 0.562. The molecule has 112 valence electrons. The van der Waals surface area contributed by atoms with Crippen molar-refractivity contribution < 1.29 is 9.90 Å². The first-order valence-corrected chi connectivity index (χ1v) is 7.98. The minimum atomic E-state index is -0.938. The quantitative estimate of drug-likeness (QED) is 0.810. The van der Waals surface area contributed by atoms with Crippen LogP contribution in [0, 0.1) is 11.8 Å². The van der Waals surface area contributed by atoms with Crippen molar-refractivity contribution >= 4 is 17.7 Å². The SMILES string of the molecule is CC(C)C(SC[C@H](N)C(=O)O)(c1ccccc1)C(C)C. The highest BCUT2D eigenvalue weighted by molar-refractivity contribution is 8.00. The summed E-state index contributed by atoms with van der Waals surface area (Å²) in [5.74, 6) is 0.249. The standard InChI is InChI=1S/C16H25NO2S/c1-11(2)16(12(3)4,13-8-6-5-7-9-13)20-10-14(17)15(18)19/h5-9,11-12,14H,10,17H2,1-4H3,(H,18,19)/t14-/m0/s1. The van der Waals surface area contributed by atoms with Gasteiger partial charge in [0.2, 0.25) is 0 Å². The Morgan fingerprint density at radius 1 is 1.20 bits per heavy atom. The Kier molecular flexibility index (Phi) is 6.08. The van der Waals surface area contributed by atoms with E-state index in [2.05, 4.69) is 39.8 Å². The van der Waals surface area contributed by atoms with Gasteiger partial charge in [0.1, 0.15) is 6.04 Å². The number of hydrogen-bond donors (Lipinski definition) is 2. The molecular formula is C16H25NO2S. The fourth-order valence-corrected chi connectivity index (χ4v) is 4.31. The molecule has 0 saturated carbocycles. The van der Waals surface area contributed by atoms with E-state index in [1.54, 1.807) is 11.8 Å². The van der Waals surface area contributed by atoms with Gasteiger partial charge in [-0.1, -0.05) is 58.0 Å². The van der Waals surface area contributed by atoms with Crippen molar-refractivity contribution in [1.82, 2.24) is 0 Å². The molecule has 0 heterocycles. The van der Waals surface area contributed by atoms with Crippen molar-refractivity contribution in [2.24, 2.45) is 17.6 Å². The number of carboxylic acids is 1. The summed E-state index contributed by atoms with van der Waals surface area (Å²) in [7, 11) is 0. The third kappa shape index (κ3) is 3.55. The Hall–Kier alpha value is -1.00. The monoisotopic (exact) mass is 295 g/mol. The van der Waals surface area contributed by atoms with Crippen molar-refractivity contribution in [3.63, 3.8) is 0 Å². The lowest BCUT2D eigenvalue weighted by atomic mass is 9.79. The number of rotatable bonds is 7. The van der Waals surface area contributed by atoms with Gasteiger partial charge in [-0.15, -0.1) is 11.8 Å². The van der Waals surface area contributed by atoms with Crippen molar-refractivity contribution in [2.75, 3.05) is 5.75 Å². The molecule has 4 heteroatoms. The molecule has 0 saturated heterocycles. The van der Waals surface area contributed by atoms with E-state index in [0.717, 1.165) is 0 Å². The number of carboxylic acid groups (broad SMARTS) is 1. The molecule has 0 aliphatic carbocycles. The molecule has 0 radical (unpaired) electrons. The zero-order chi connectivity index (χ0) is 15.3. The Morgan fingerprint density at radius 3 is 2.10 bits per heavy atom. The minimum Gasteiger partial charge on any atom is -0.480 e. The lowest BCUT2D eigenvalue weighted by Gasteiger charge is -2.42. The highest BCUT2D eigenvalue weighted by Gasteiger charge is 2.40. The van der Waals surface area contributed by atoms with Crippen molar-refractivity contribution in [3.05, 3.63) is 35.9 Å².